The molecule has 3 rings (SSSR count). The van der Waals surface area contributed by atoms with Gasteiger partial charge in [0.25, 0.3) is 5.91 Å². The summed E-state index contributed by atoms with van der Waals surface area (Å²) in [4.78, 5) is 19.6. The first-order valence-electron chi connectivity index (χ1n) is 8.79. The highest BCUT2D eigenvalue weighted by Crippen LogP contribution is 2.19. The zero-order valence-electron chi connectivity index (χ0n) is 14.8. The minimum Gasteiger partial charge on any atom is -0.383 e. The molecule has 1 amide bonds. The fraction of sp³-hybridized carbons (Fsp3) is 0.412. The topological polar surface area (TPSA) is 155 Å². The Morgan fingerprint density at radius 2 is 2.19 bits per heavy atom. The molecule has 27 heavy (non-hydrogen) atoms. The molecule has 0 aliphatic carbocycles. The maximum Gasteiger partial charge on any atom is 0.271 e. The Morgan fingerprint density at radius 1 is 1.30 bits per heavy atom. The van der Waals surface area contributed by atoms with Crippen LogP contribution in [-0.2, 0) is 0 Å². The molecule has 0 radical (unpaired) electrons. The van der Waals surface area contributed by atoms with E-state index in [0.29, 0.717) is 29.9 Å². The fourth-order valence-electron chi connectivity index (χ4n) is 2.90. The lowest BCUT2D eigenvalue weighted by molar-refractivity contribution is 0.0995. The lowest BCUT2D eigenvalue weighted by Crippen LogP contribution is -2.35. The Balaban J connectivity index is 1.67. The molecule has 2 aromatic heterocycles. The van der Waals surface area contributed by atoms with Gasteiger partial charge < -0.3 is 21.7 Å². The molecule has 0 spiro atoms. The Bertz CT molecular complexity index is 825. The average Bonchev–Trinajstić information content (AvgIpc) is 2.69. The van der Waals surface area contributed by atoms with Gasteiger partial charge in [-0.25, -0.2) is 9.97 Å². The molecule has 10 heteroatoms. The molecular formula is C17H21N9O. The van der Waals surface area contributed by atoms with Gasteiger partial charge in [-0.1, -0.05) is 6.42 Å². The van der Waals surface area contributed by atoms with Crippen molar-refractivity contribution in [1.82, 2.24) is 25.5 Å². The minimum atomic E-state index is -0.648. The zero-order valence-corrected chi connectivity index (χ0v) is 14.8. The number of hydrogen-bond acceptors (Lipinski definition) is 9. The van der Waals surface area contributed by atoms with Crippen LogP contribution in [0, 0.1) is 11.3 Å². The third kappa shape index (κ3) is 5.08. The van der Waals surface area contributed by atoms with Crippen LogP contribution in [0.4, 0.5) is 17.3 Å². The standard InChI is InChI=1S/C17H21N9O/c18-8-12-9-23-15(10-22-12)24-14-7-13(16(17(19)27)26-25-14)21-6-4-11-3-1-2-5-20-11/h7,9-11,20H,1-6H2,(H2,19,27)(H2,21,23,24,25). The van der Waals surface area contributed by atoms with Crippen LogP contribution in [0.5, 0.6) is 0 Å². The van der Waals surface area contributed by atoms with Gasteiger partial charge in [-0.15, -0.1) is 10.2 Å². The first-order valence-corrected chi connectivity index (χ1v) is 8.79. The molecule has 3 heterocycles. The maximum absolute atomic E-state index is 11.6. The van der Waals surface area contributed by atoms with Gasteiger partial charge in [-0.2, -0.15) is 5.26 Å². The number of nitrogens with zero attached hydrogens (tertiary/aromatic N) is 5. The molecule has 0 saturated carbocycles. The van der Waals surface area contributed by atoms with Crippen LogP contribution in [0.25, 0.3) is 0 Å². The second-order valence-corrected chi connectivity index (χ2v) is 6.24. The van der Waals surface area contributed by atoms with Crippen molar-refractivity contribution in [3.05, 3.63) is 29.8 Å². The van der Waals surface area contributed by atoms with Crippen LogP contribution < -0.4 is 21.7 Å². The molecule has 5 N–H and O–H groups in total. The van der Waals surface area contributed by atoms with Gasteiger partial charge in [0.2, 0.25) is 0 Å². The van der Waals surface area contributed by atoms with E-state index < -0.39 is 5.91 Å². The Labute approximate surface area is 156 Å². The Kier molecular flexibility index (Phi) is 6.06. The highest BCUT2D eigenvalue weighted by atomic mass is 16.1. The van der Waals surface area contributed by atoms with Gasteiger partial charge in [0.1, 0.15) is 11.9 Å². The number of anilines is 3. The van der Waals surface area contributed by atoms with Crippen LogP contribution in [0.1, 0.15) is 41.9 Å². The van der Waals surface area contributed by atoms with E-state index in [0.717, 1.165) is 19.4 Å². The van der Waals surface area contributed by atoms with Crippen LogP contribution in [0.3, 0.4) is 0 Å². The molecule has 1 unspecified atom stereocenters. The summed E-state index contributed by atoms with van der Waals surface area (Å²) in [5.74, 6) is 0.148. The van der Waals surface area contributed by atoms with Crippen molar-refractivity contribution in [3.63, 3.8) is 0 Å². The van der Waals surface area contributed by atoms with Gasteiger partial charge in [-0.3, -0.25) is 4.79 Å². The summed E-state index contributed by atoms with van der Waals surface area (Å²) in [6.07, 6.45) is 7.32. The number of nitrogens with one attached hydrogen (secondary N) is 3. The second kappa shape index (κ2) is 8.86. The molecule has 1 saturated heterocycles. The predicted octanol–water partition coefficient (Wildman–Crippen LogP) is 0.925. The number of piperidine rings is 1. The van der Waals surface area contributed by atoms with E-state index in [1.54, 1.807) is 6.07 Å². The van der Waals surface area contributed by atoms with E-state index >= 15 is 0 Å². The van der Waals surface area contributed by atoms with Crippen LogP contribution in [0.15, 0.2) is 18.5 Å². The van der Waals surface area contributed by atoms with Crippen molar-refractivity contribution in [3.8, 4) is 6.07 Å². The maximum atomic E-state index is 11.6. The van der Waals surface area contributed by atoms with E-state index in [1.807, 2.05) is 6.07 Å². The largest absolute Gasteiger partial charge is 0.383 e. The molecule has 10 nitrogen and oxygen atoms in total. The number of amides is 1. The zero-order chi connectivity index (χ0) is 19.1. The summed E-state index contributed by atoms with van der Waals surface area (Å²) in [5, 5.41) is 26.3. The molecule has 1 aliphatic rings. The number of nitriles is 1. The van der Waals surface area contributed by atoms with Gasteiger partial charge in [0.05, 0.1) is 18.1 Å². The Hall–Kier alpha value is -3.32. The minimum absolute atomic E-state index is 0.0862. The summed E-state index contributed by atoms with van der Waals surface area (Å²) >= 11 is 0. The SMILES string of the molecule is N#Cc1cnc(Nc2cc(NCCC3CCCCN3)c(C(N)=O)nn2)cn1. The summed E-state index contributed by atoms with van der Waals surface area (Å²) < 4.78 is 0. The van der Waals surface area contributed by atoms with Crippen LogP contribution in [-0.4, -0.2) is 45.2 Å². The normalized spacial score (nSPS) is 16.3. The highest BCUT2D eigenvalue weighted by molar-refractivity contribution is 5.96. The van der Waals surface area contributed by atoms with Crippen molar-refractivity contribution >= 4 is 23.2 Å². The third-order valence-electron chi connectivity index (χ3n) is 4.27. The first kappa shape index (κ1) is 18.5. The molecule has 1 atom stereocenters. The van der Waals surface area contributed by atoms with Crippen molar-refractivity contribution < 1.29 is 4.79 Å². The van der Waals surface area contributed by atoms with Gasteiger partial charge in [0.15, 0.2) is 17.2 Å². The lowest BCUT2D eigenvalue weighted by Gasteiger charge is -2.23. The number of nitrogens with two attached hydrogens (primary N) is 1. The predicted molar refractivity (Wildman–Crippen MR) is 99.3 cm³/mol. The number of hydrogen-bond donors (Lipinski definition) is 4. The summed E-state index contributed by atoms with van der Waals surface area (Å²) in [7, 11) is 0. The smallest absolute Gasteiger partial charge is 0.271 e. The first-order chi connectivity index (χ1) is 13.2. The third-order valence-corrected chi connectivity index (χ3v) is 4.27. The van der Waals surface area contributed by atoms with Crippen LogP contribution >= 0.6 is 0 Å². The van der Waals surface area contributed by atoms with Crippen molar-refractivity contribution in [2.45, 2.75) is 31.7 Å². The second-order valence-electron chi connectivity index (χ2n) is 6.24. The van der Waals surface area contributed by atoms with E-state index in [-0.39, 0.29) is 11.4 Å². The van der Waals surface area contributed by atoms with E-state index in [9.17, 15) is 4.79 Å². The van der Waals surface area contributed by atoms with Gasteiger partial charge >= 0.3 is 0 Å². The lowest BCUT2D eigenvalue weighted by atomic mass is 10.0. The highest BCUT2D eigenvalue weighted by Gasteiger charge is 2.15. The monoisotopic (exact) mass is 367 g/mol. The number of carbonyl (C=O) groups excluding carboxylic acids is 1. The van der Waals surface area contributed by atoms with Gasteiger partial charge in [-0.05, 0) is 25.8 Å². The quantitative estimate of drug-likeness (QED) is 0.559. The number of primary amides is 1. The van der Waals surface area contributed by atoms with Crippen molar-refractivity contribution in [2.24, 2.45) is 5.73 Å². The number of carbonyl (C=O) groups is 1. The molecule has 0 bridgehead atoms. The van der Waals surface area contributed by atoms with Gasteiger partial charge in [0, 0.05) is 18.7 Å². The molecule has 0 aromatic carbocycles. The van der Waals surface area contributed by atoms with E-state index in [2.05, 4.69) is 36.1 Å². The molecule has 140 valence electrons. The Morgan fingerprint density at radius 3 is 2.85 bits per heavy atom. The van der Waals surface area contributed by atoms with Crippen LogP contribution in [0.2, 0.25) is 0 Å². The molecular weight excluding hydrogens is 346 g/mol. The summed E-state index contributed by atoms with van der Waals surface area (Å²) in [6.45, 7) is 1.73. The number of aromatic nitrogens is 4. The fourth-order valence-corrected chi connectivity index (χ4v) is 2.90. The van der Waals surface area contributed by atoms with Crippen molar-refractivity contribution in [1.29, 1.82) is 5.26 Å². The van der Waals surface area contributed by atoms with E-state index in [1.165, 1.54) is 25.2 Å². The summed E-state index contributed by atoms with van der Waals surface area (Å²) in [5.41, 5.74) is 6.21. The average molecular weight is 367 g/mol. The molecule has 1 aliphatic heterocycles. The molecule has 1 fully saturated rings. The van der Waals surface area contributed by atoms with Crippen molar-refractivity contribution in [2.75, 3.05) is 23.7 Å². The molecule has 2 aromatic rings. The summed E-state index contributed by atoms with van der Waals surface area (Å²) in [6, 6.07) is 4.03. The van der Waals surface area contributed by atoms with E-state index in [4.69, 9.17) is 11.0 Å². The number of rotatable bonds is 7.